The quantitative estimate of drug-likeness (QED) is 0.230. The van der Waals surface area contributed by atoms with Gasteiger partial charge in [0.15, 0.2) is 0 Å². The zero-order valence-corrected chi connectivity index (χ0v) is 22.0. The summed E-state index contributed by atoms with van der Waals surface area (Å²) in [5.74, 6) is 0.119. The third-order valence-electron chi connectivity index (χ3n) is 6.14. The molecule has 1 fully saturated rings. The van der Waals surface area contributed by atoms with Crippen molar-refractivity contribution >= 4 is 46.4 Å². The molecule has 5 rings (SSSR count). The van der Waals surface area contributed by atoms with Crippen LogP contribution in [-0.4, -0.2) is 33.0 Å². The van der Waals surface area contributed by atoms with Crippen LogP contribution in [0.15, 0.2) is 60.8 Å². The molecule has 1 aromatic heterocycles. The Hall–Kier alpha value is -2.35. The van der Waals surface area contributed by atoms with Crippen molar-refractivity contribution in [3.8, 4) is 17.0 Å². The number of halogens is 5. The SMILES string of the molecule is Fc1ccc(OCc2ccc(Cl)c(Cl)c2)c(-c2cn(C3CCN(Cc4ccc(Cl)cc4Cl)C3)nn2)c1. The Morgan fingerprint density at radius 1 is 0.944 bits per heavy atom. The van der Waals surface area contributed by atoms with Crippen LogP contribution in [0.25, 0.3) is 11.3 Å². The van der Waals surface area contributed by atoms with E-state index in [0.29, 0.717) is 37.1 Å². The molecule has 1 aliphatic rings. The average molecular weight is 566 g/mol. The summed E-state index contributed by atoms with van der Waals surface area (Å²) in [6.07, 6.45) is 2.75. The van der Waals surface area contributed by atoms with Gasteiger partial charge in [-0.1, -0.05) is 63.7 Å². The van der Waals surface area contributed by atoms with E-state index in [1.807, 2.05) is 29.1 Å². The Balaban J connectivity index is 1.29. The van der Waals surface area contributed by atoms with Gasteiger partial charge in [-0.05, 0) is 60.0 Å². The molecule has 3 aromatic carbocycles. The molecule has 0 N–H and O–H groups in total. The molecular formula is C26H21Cl4FN4O. The second-order valence-corrected chi connectivity index (χ2v) is 10.3. The van der Waals surface area contributed by atoms with Crippen LogP contribution in [0, 0.1) is 5.82 Å². The normalized spacial score (nSPS) is 16.0. The standard InChI is InChI=1S/C26H21Cl4FN4O/c27-18-3-2-17(23(29)10-18)12-34-8-7-20(13-34)35-14-25(32-33-35)21-11-19(31)4-6-26(21)36-15-16-1-5-22(28)24(30)9-16/h1-6,9-11,14,20H,7-8,12-13,15H2. The van der Waals surface area contributed by atoms with Gasteiger partial charge in [-0.3, -0.25) is 4.90 Å². The molecule has 10 heteroatoms. The number of aromatic nitrogens is 3. The molecule has 4 aromatic rings. The lowest BCUT2D eigenvalue weighted by Crippen LogP contribution is -2.21. The van der Waals surface area contributed by atoms with Gasteiger partial charge in [0, 0.05) is 35.2 Å². The van der Waals surface area contributed by atoms with Gasteiger partial charge in [-0.2, -0.15) is 0 Å². The van der Waals surface area contributed by atoms with Gasteiger partial charge in [0.25, 0.3) is 0 Å². The van der Waals surface area contributed by atoms with Gasteiger partial charge in [0.1, 0.15) is 23.9 Å². The number of rotatable bonds is 7. The van der Waals surface area contributed by atoms with Crippen molar-refractivity contribution in [3.05, 3.63) is 97.8 Å². The number of benzene rings is 3. The highest BCUT2D eigenvalue weighted by Crippen LogP contribution is 2.32. The largest absolute Gasteiger partial charge is 0.488 e. The second-order valence-electron chi connectivity index (χ2n) is 8.67. The fourth-order valence-corrected chi connectivity index (χ4v) is 5.05. The molecule has 1 atom stereocenters. The molecule has 186 valence electrons. The van der Waals surface area contributed by atoms with Crippen molar-refractivity contribution in [1.29, 1.82) is 0 Å². The van der Waals surface area contributed by atoms with Crippen molar-refractivity contribution in [2.75, 3.05) is 13.1 Å². The fourth-order valence-electron chi connectivity index (χ4n) is 4.26. The summed E-state index contributed by atoms with van der Waals surface area (Å²) < 4.78 is 22.0. The summed E-state index contributed by atoms with van der Waals surface area (Å²) in [6.45, 7) is 2.67. The first-order valence-corrected chi connectivity index (χ1v) is 12.8. The van der Waals surface area contributed by atoms with Crippen molar-refractivity contribution in [1.82, 2.24) is 19.9 Å². The Kier molecular flexibility index (Phi) is 7.70. The van der Waals surface area contributed by atoms with Crippen LogP contribution in [-0.2, 0) is 13.2 Å². The molecule has 0 aliphatic carbocycles. The molecule has 2 heterocycles. The van der Waals surface area contributed by atoms with Gasteiger partial charge in [0.2, 0.25) is 0 Å². The van der Waals surface area contributed by atoms with Crippen LogP contribution in [0.4, 0.5) is 4.39 Å². The molecule has 1 unspecified atom stereocenters. The van der Waals surface area contributed by atoms with E-state index >= 15 is 0 Å². The second kappa shape index (κ2) is 11.0. The van der Waals surface area contributed by atoms with Crippen molar-refractivity contribution in [3.63, 3.8) is 0 Å². The predicted molar refractivity (Wildman–Crippen MR) is 142 cm³/mol. The molecule has 0 saturated carbocycles. The Morgan fingerprint density at radius 2 is 1.81 bits per heavy atom. The minimum atomic E-state index is -0.381. The summed E-state index contributed by atoms with van der Waals surface area (Å²) in [4.78, 5) is 2.31. The zero-order chi connectivity index (χ0) is 25.2. The van der Waals surface area contributed by atoms with E-state index in [2.05, 4.69) is 15.2 Å². The lowest BCUT2D eigenvalue weighted by Gasteiger charge is -2.17. The van der Waals surface area contributed by atoms with Crippen LogP contribution in [0.1, 0.15) is 23.6 Å². The van der Waals surface area contributed by atoms with E-state index in [4.69, 9.17) is 51.1 Å². The van der Waals surface area contributed by atoms with Gasteiger partial charge >= 0.3 is 0 Å². The fraction of sp³-hybridized carbons (Fsp3) is 0.231. The Bertz CT molecular complexity index is 1400. The van der Waals surface area contributed by atoms with Crippen molar-refractivity contribution in [2.45, 2.75) is 25.6 Å². The predicted octanol–water partition coefficient (Wildman–Crippen LogP) is 7.72. The molecule has 0 bridgehead atoms. The molecule has 0 amide bonds. The van der Waals surface area contributed by atoms with E-state index < -0.39 is 0 Å². The highest BCUT2D eigenvalue weighted by Gasteiger charge is 2.26. The minimum absolute atomic E-state index is 0.145. The average Bonchev–Trinajstić information content (AvgIpc) is 3.52. The smallest absolute Gasteiger partial charge is 0.129 e. The lowest BCUT2D eigenvalue weighted by atomic mass is 10.1. The van der Waals surface area contributed by atoms with Crippen molar-refractivity contribution < 1.29 is 9.13 Å². The van der Waals surface area contributed by atoms with E-state index in [-0.39, 0.29) is 18.5 Å². The Labute approximate surface area is 228 Å². The molecular weight excluding hydrogens is 545 g/mol. The summed E-state index contributed by atoms with van der Waals surface area (Å²) in [6, 6.07) is 15.3. The number of ether oxygens (including phenoxy) is 1. The summed E-state index contributed by atoms with van der Waals surface area (Å²) in [7, 11) is 0. The van der Waals surface area contributed by atoms with Gasteiger partial charge in [-0.25, -0.2) is 9.07 Å². The molecule has 1 saturated heterocycles. The summed E-state index contributed by atoms with van der Waals surface area (Å²) in [5.41, 5.74) is 2.95. The Morgan fingerprint density at radius 3 is 2.61 bits per heavy atom. The molecule has 0 spiro atoms. The number of hydrogen-bond donors (Lipinski definition) is 0. The number of nitrogens with zero attached hydrogens (tertiary/aromatic N) is 4. The van der Waals surface area contributed by atoms with E-state index in [9.17, 15) is 4.39 Å². The first kappa shape index (κ1) is 25.3. The first-order chi connectivity index (χ1) is 17.4. The van der Waals surface area contributed by atoms with Crippen LogP contribution < -0.4 is 4.74 Å². The maximum atomic E-state index is 14.1. The molecule has 5 nitrogen and oxygen atoms in total. The van der Waals surface area contributed by atoms with Gasteiger partial charge in [0.05, 0.1) is 22.3 Å². The van der Waals surface area contributed by atoms with Crippen LogP contribution in [0.2, 0.25) is 20.1 Å². The highest BCUT2D eigenvalue weighted by atomic mass is 35.5. The molecule has 1 aliphatic heterocycles. The summed E-state index contributed by atoms with van der Waals surface area (Å²) >= 11 is 24.5. The molecule has 36 heavy (non-hydrogen) atoms. The van der Waals surface area contributed by atoms with E-state index in [1.165, 1.54) is 12.1 Å². The van der Waals surface area contributed by atoms with E-state index in [1.54, 1.807) is 24.3 Å². The first-order valence-electron chi connectivity index (χ1n) is 11.3. The summed E-state index contributed by atoms with van der Waals surface area (Å²) in [5, 5.41) is 10.9. The topological polar surface area (TPSA) is 43.2 Å². The number of likely N-dealkylation sites (tertiary alicyclic amines) is 1. The third kappa shape index (κ3) is 5.79. The van der Waals surface area contributed by atoms with E-state index in [0.717, 1.165) is 37.2 Å². The maximum Gasteiger partial charge on any atom is 0.129 e. The van der Waals surface area contributed by atoms with Crippen LogP contribution in [0.3, 0.4) is 0 Å². The monoisotopic (exact) mass is 564 g/mol. The van der Waals surface area contributed by atoms with Crippen LogP contribution in [0.5, 0.6) is 5.75 Å². The zero-order valence-electron chi connectivity index (χ0n) is 19.0. The van der Waals surface area contributed by atoms with Crippen molar-refractivity contribution in [2.24, 2.45) is 0 Å². The highest BCUT2D eigenvalue weighted by molar-refractivity contribution is 6.42. The third-order valence-corrected chi connectivity index (χ3v) is 7.46. The minimum Gasteiger partial charge on any atom is -0.488 e. The molecule has 0 radical (unpaired) electrons. The number of hydrogen-bond acceptors (Lipinski definition) is 4. The van der Waals surface area contributed by atoms with Gasteiger partial charge in [-0.15, -0.1) is 5.10 Å². The lowest BCUT2D eigenvalue weighted by molar-refractivity contribution is 0.307. The van der Waals surface area contributed by atoms with Crippen LogP contribution >= 0.6 is 46.4 Å². The van der Waals surface area contributed by atoms with Gasteiger partial charge < -0.3 is 4.74 Å². The maximum absolute atomic E-state index is 14.1.